The topological polar surface area (TPSA) is 96.5 Å². The van der Waals surface area contributed by atoms with E-state index < -0.39 is 40.8 Å². The van der Waals surface area contributed by atoms with Gasteiger partial charge < -0.3 is 20.7 Å². The molecule has 0 bridgehead atoms. The summed E-state index contributed by atoms with van der Waals surface area (Å²) in [6.45, 7) is 5.04. The van der Waals surface area contributed by atoms with Crippen LogP contribution in [0.25, 0.3) is 0 Å². The first kappa shape index (κ1) is 23.3. The number of halogens is 3. The van der Waals surface area contributed by atoms with E-state index in [1.54, 1.807) is 20.8 Å². The molecular weight excluding hydrogens is 379 g/mol. The summed E-state index contributed by atoms with van der Waals surface area (Å²) >= 11 is 0. The number of rotatable bonds is 7. The van der Waals surface area contributed by atoms with Crippen LogP contribution in [-0.4, -0.2) is 43.1 Å². The van der Waals surface area contributed by atoms with Gasteiger partial charge in [-0.05, 0) is 39.3 Å². The lowest BCUT2D eigenvalue weighted by Crippen LogP contribution is -2.40. The normalized spacial score (nSPS) is 11.5. The van der Waals surface area contributed by atoms with Gasteiger partial charge in [0.05, 0.1) is 17.7 Å². The van der Waals surface area contributed by atoms with Gasteiger partial charge in [-0.2, -0.15) is 13.2 Å². The molecule has 0 aliphatic carbocycles. The molecule has 156 valence electrons. The molecule has 0 saturated carbocycles. The minimum atomic E-state index is -4.62. The van der Waals surface area contributed by atoms with Gasteiger partial charge in [-0.15, -0.1) is 0 Å². The largest absolute Gasteiger partial charge is 0.444 e. The molecule has 0 radical (unpaired) electrons. The SMILES string of the molecule is CC(C)(C)OC(=O)NCC(=O)NCCCNC(=O)c1ccccc1C(F)(F)F. The van der Waals surface area contributed by atoms with Crippen LogP contribution in [0.3, 0.4) is 0 Å². The maximum atomic E-state index is 12.9. The molecule has 0 unspecified atom stereocenters. The molecule has 0 heterocycles. The first-order valence-electron chi connectivity index (χ1n) is 8.58. The van der Waals surface area contributed by atoms with Crippen LogP contribution >= 0.6 is 0 Å². The van der Waals surface area contributed by atoms with Crippen LogP contribution in [0.1, 0.15) is 43.1 Å². The molecule has 3 amide bonds. The Labute approximate surface area is 161 Å². The van der Waals surface area contributed by atoms with Crippen molar-refractivity contribution in [3.63, 3.8) is 0 Å². The molecule has 0 aromatic heterocycles. The van der Waals surface area contributed by atoms with E-state index in [0.717, 1.165) is 12.1 Å². The molecule has 3 N–H and O–H groups in total. The number of hydrogen-bond acceptors (Lipinski definition) is 4. The van der Waals surface area contributed by atoms with E-state index in [4.69, 9.17) is 4.74 Å². The van der Waals surface area contributed by atoms with Gasteiger partial charge in [-0.3, -0.25) is 9.59 Å². The Morgan fingerprint density at radius 1 is 0.964 bits per heavy atom. The second-order valence-electron chi connectivity index (χ2n) is 6.86. The second kappa shape index (κ2) is 9.95. The highest BCUT2D eigenvalue weighted by Crippen LogP contribution is 2.31. The Morgan fingerprint density at radius 3 is 2.18 bits per heavy atom. The van der Waals surface area contributed by atoms with Gasteiger partial charge in [-0.25, -0.2) is 4.79 Å². The number of carbonyl (C=O) groups excluding carboxylic acids is 3. The fourth-order valence-electron chi connectivity index (χ4n) is 2.07. The lowest BCUT2D eigenvalue weighted by atomic mass is 10.1. The minimum absolute atomic E-state index is 0.0742. The summed E-state index contributed by atoms with van der Waals surface area (Å²) in [7, 11) is 0. The maximum absolute atomic E-state index is 12.9. The molecule has 1 aromatic carbocycles. The Bertz CT molecular complexity index is 700. The summed E-state index contributed by atoms with van der Waals surface area (Å²) in [6.07, 6.45) is -5.04. The number of hydrogen-bond donors (Lipinski definition) is 3. The van der Waals surface area contributed by atoms with E-state index >= 15 is 0 Å². The second-order valence-corrected chi connectivity index (χ2v) is 6.86. The molecule has 0 fully saturated rings. The van der Waals surface area contributed by atoms with Crippen molar-refractivity contribution in [2.75, 3.05) is 19.6 Å². The molecule has 0 saturated heterocycles. The van der Waals surface area contributed by atoms with Crippen molar-refractivity contribution >= 4 is 17.9 Å². The molecule has 28 heavy (non-hydrogen) atoms. The van der Waals surface area contributed by atoms with Crippen LogP contribution < -0.4 is 16.0 Å². The molecule has 10 heteroatoms. The highest BCUT2D eigenvalue weighted by Gasteiger charge is 2.34. The molecule has 1 rings (SSSR count). The summed E-state index contributed by atoms with van der Waals surface area (Å²) in [5.41, 5.74) is -2.14. The van der Waals surface area contributed by atoms with Gasteiger partial charge in [0, 0.05) is 13.1 Å². The van der Waals surface area contributed by atoms with Crippen molar-refractivity contribution in [3.8, 4) is 0 Å². The molecule has 0 aliphatic rings. The van der Waals surface area contributed by atoms with Gasteiger partial charge in [0.25, 0.3) is 5.91 Å². The molecule has 0 aliphatic heterocycles. The minimum Gasteiger partial charge on any atom is -0.444 e. The van der Waals surface area contributed by atoms with Gasteiger partial charge in [0.2, 0.25) is 5.91 Å². The molecule has 0 spiro atoms. The number of carbonyl (C=O) groups is 3. The fourth-order valence-corrected chi connectivity index (χ4v) is 2.07. The fraction of sp³-hybridized carbons (Fsp3) is 0.500. The Kier molecular flexibility index (Phi) is 8.27. The van der Waals surface area contributed by atoms with Gasteiger partial charge in [-0.1, -0.05) is 12.1 Å². The standard InChI is InChI=1S/C18H24F3N3O4/c1-17(2,3)28-16(27)24-11-14(25)22-9-6-10-23-15(26)12-7-4-5-8-13(12)18(19,20)21/h4-5,7-8H,6,9-11H2,1-3H3,(H,22,25)(H,23,26)(H,24,27). The van der Waals surface area contributed by atoms with Crippen LogP contribution in [0.5, 0.6) is 0 Å². The van der Waals surface area contributed by atoms with Crippen molar-refractivity contribution < 1.29 is 32.3 Å². The summed E-state index contributed by atoms with van der Waals surface area (Å²) in [4.78, 5) is 34.9. The maximum Gasteiger partial charge on any atom is 0.417 e. The van der Waals surface area contributed by atoms with Crippen molar-refractivity contribution in [1.82, 2.24) is 16.0 Å². The number of alkyl halides is 3. The predicted molar refractivity (Wildman–Crippen MR) is 95.6 cm³/mol. The van der Waals surface area contributed by atoms with Gasteiger partial charge in [0.15, 0.2) is 0 Å². The van der Waals surface area contributed by atoms with Gasteiger partial charge >= 0.3 is 12.3 Å². The number of ether oxygens (including phenoxy) is 1. The summed E-state index contributed by atoms with van der Waals surface area (Å²) in [5.74, 6) is -1.30. The zero-order valence-corrected chi connectivity index (χ0v) is 15.9. The summed E-state index contributed by atoms with van der Waals surface area (Å²) in [5, 5.41) is 7.18. The highest BCUT2D eigenvalue weighted by molar-refractivity contribution is 5.95. The zero-order valence-electron chi connectivity index (χ0n) is 15.9. The summed E-state index contributed by atoms with van der Waals surface area (Å²) in [6, 6.07) is 4.50. The van der Waals surface area contributed by atoms with E-state index in [0.29, 0.717) is 6.42 Å². The monoisotopic (exact) mass is 403 g/mol. The first-order chi connectivity index (χ1) is 12.9. The van der Waals surface area contributed by atoms with Crippen molar-refractivity contribution in [2.45, 2.75) is 39.0 Å². The van der Waals surface area contributed by atoms with Crippen LogP contribution in [0.2, 0.25) is 0 Å². The number of benzene rings is 1. The smallest absolute Gasteiger partial charge is 0.417 e. The molecule has 0 atom stereocenters. The van der Waals surface area contributed by atoms with E-state index in [2.05, 4.69) is 16.0 Å². The van der Waals surface area contributed by atoms with Crippen LogP contribution in [-0.2, 0) is 15.7 Å². The Balaban J connectivity index is 2.30. The van der Waals surface area contributed by atoms with Crippen LogP contribution in [0.4, 0.5) is 18.0 Å². The summed E-state index contributed by atoms with van der Waals surface area (Å²) < 4.78 is 43.7. The average Bonchev–Trinajstić information content (AvgIpc) is 2.57. The lowest BCUT2D eigenvalue weighted by Gasteiger charge is -2.19. The van der Waals surface area contributed by atoms with Crippen molar-refractivity contribution in [3.05, 3.63) is 35.4 Å². The molecule has 7 nitrogen and oxygen atoms in total. The quantitative estimate of drug-likeness (QED) is 0.610. The first-order valence-corrected chi connectivity index (χ1v) is 8.58. The third kappa shape index (κ3) is 8.74. The third-order valence-electron chi connectivity index (χ3n) is 3.23. The molecular formula is C18H24F3N3O4. The number of amides is 3. The predicted octanol–water partition coefficient (Wildman–Crippen LogP) is 2.47. The van der Waals surface area contributed by atoms with Crippen LogP contribution in [0.15, 0.2) is 24.3 Å². The van der Waals surface area contributed by atoms with E-state index in [9.17, 15) is 27.6 Å². The van der Waals surface area contributed by atoms with E-state index in [-0.39, 0.29) is 19.6 Å². The number of nitrogens with one attached hydrogen (secondary N) is 3. The molecule has 1 aromatic rings. The average molecular weight is 403 g/mol. The van der Waals surface area contributed by atoms with Gasteiger partial charge in [0.1, 0.15) is 5.60 Å². The Hall–Kier alpha value is -2.78. The Morgan fingerprint density at radius 2 is 1.57 bits per heavy atom. The van der Waals surface area contributed by atoms with E-state index in [1.165, 1.54) is 12.1 Å². The van der Waals surface area contributed by atoms with E-state index in [1.807, 2.05) is 0 Å². The highest BCUT2D eigenvalue weighted by atomic mass is 19.4. The van der Waals surface area contributed by atoms with Crippen molar-refractivity contribution in [1.29, 1.82) is 0 Å². The third-order valence-corrected chi connectivity index (χ3v) is 3.23. The zero-order chi connectivity index (χ0) is 21.4. The van der Waals surface area contributed by atoms with Crippen molar-refractivity contribution in [2.24, 2.45) is 0 Å². The number of alkyl carbamates (subject to hydrolysis) is 1. The lowest BCUT2D eigenvalue weighted by molar-refractivity contribution is -0.138. The van der Waals surface area contributed by atoms with Crippen LogP contribution in [0, 0.1) is 0 Å².